The Morgan fingerprint density at radius 2 is 0.621 bits per heavy atom. The molecule has 34 atom stereocenters. The number of carbonyl (C=O) groups excluding carboxylic acids is 6. The van der Waals surface area contributed by atoms with E-state index in [1.165, 1.54) is 6.92 Å². The Morgan fingerprint density at radius 3 is 0.871 bits per heavy atom. The summed E-state index contributed by atoms with van der Waals surface area (Å²) >= 11 is 0. The van der Waals surface area contributed by atoms with Crippen LogP contribution in [0.2, 0.25) is 0 Å². The minimum atomic E-state index is -1.35. The topological polar surface area (TPSA) is 764 Å². The summed E-state index contributed by atoms with van der Waals surface area (Å²) in [5, 5.41) is 251. The molecule has 0 saturated carbocycles. The average molecular weight is 1910 g/mol. The fourth-order valence-electron chi connectivity index (χ4n) is 16.5. The summed E-state index contributed by atoms with van der Waals surface area (Å²) in [5.74, 6) is 0.670. The van der Waals surface area contributed by atoms with Crippen LogP contribution in [0.4, 0.5) is 0 Å². The van der Waals surface area contributed by atoms with Crippen LogP contribution in [0.3, 0.4) is 0 Å². The summed E-state index contributed by atoms with van der Waals surface area (Å²) in [7, 11) is 0. The van der Waals surface area contributed by atoms with E-state index in [-0.39, 0.29) is 53.8 Å². The fourth-order valence-corrected chi connectivity index (χ4v) is 16.5. The highest BCUT2D eigenvalue weighted by molar-refractivity contribution is 5.94. The molecule has 1 aromatic heterocycles. The molecular formula is C90H164N4O38. The number of nitrogens with one attached hydrogen (secondary N) is 2. The minimum absolute atomic E-state index is 0.0282. The molecule has 32 N–H and O–H groups in total. The van der Waals surface area contributed by atoms with Crippen LogP contribution in [-0.4, -0.2) is 433 Å². The first-order chi connectivity index (χ1) is 62.6. The van der Waals surface area contributed by atoms with Gasteiger partial charge in [0, 0.05) is 51.1 Å². The molecule has 0 spiro atoms. The second-order valence-electron chi connectivity index (χ2n) is 36.2. The van der Waals surface area contributed by atoms with E-state index in [1.807, 2.05) is 13.8 Å². The van der Waals surface area contributed by atoms with E-state index in [0.29, 0.717) is 121 Å². The van der Waals surface area contributed by atoms with Crippen LogP contribution in [0.5, 0.6) is 0 Å². The number of aliphatic hydroxyl groups is 26. The molecule has 0 bridgehead atoms. The van der Waals surface area contributed by atoms with Crippen LogP contribution < -0.4 is 16.8 Å². The molecule has 132 heavy (non-hydrogen) atoms. The number of unbranched alkanes of at least 4 members (excludes halogenated alkanes) is 12. The first-order valence-electron chi connectivity index (χ1n) is 47.3. The summed E-state index contributed by atoms with van der Waals surface area (Å²) in [6.45, 7) is 5.24. The second kappa shape index (κ2) is 66.5. The second-order valence-corrected chi connectivity index (χ2v) is 36.2. The molecule has 42 nitrogen and oxygen atoms in total. The van der Waals surface area contributed by atoms with Crippen molar-refractivity contribution >= 4 is 34.7 Å². The molecular weight excluding hydrogens is 1740 g/mol. The molecule has 0 radical (unpaired) electrons. The van der Waals surface area contributed by atoms with Gasteiger partial charge in [-0.1, -0.05) is 90.9 Å². The Hall–Kier alpha value is -4.10. The zero-order valence-electron chi connectivity index (χ0n) is 77.1. The number of ketones is 6. The molecule has 8 heterocycles. The van der Waals surface area contributed by atoms with Gasteiger partial charge in [-0.2, -0.15) is 0 Å². The zero-order chi connectivity index (χ0) is 99.0. The van der Waals surface area contributed by atoms with E-state index in [2.05, 4.69) is 10.3 Å². The molecule has 7 aliphatic rings. The lowest BCUT2D eigenvalue weighted by Crippen LogP contribution is -2.58. The first-order valence-corrected chi connectivity index (χ1v) is 47.3. The number of hydrogen-bond acceptors (Lipinski definition) is 41. The molecule has 42 heteroatoms. The van der Waals surface area contributed by atoms with Gasteiger partial charge >= 0.3 is 0 Å². The van der Waals surface area contributed by atoms with Gasteiger partial charge in [0.15, 0.2) is 17.3 Å². The van der Waals surface area contributed by atoms with Crippen molar-refractivity contribution in [2.24, 2.45) is 17.4 Å². The molecule has 0 aromatic carbocycles. The third-order valence-electron chi connectivity index (χ3n) is 25.0. The third-order valence-corrected chi connectivity index (χ3v) is 25.0. The van der Waals surface area contributed by atoms with Crippen molar-refractivity contribution in [3.05, 3.63) is 24.0 Å². The van der Waals surface area contributed by atoms with Gasteiger partial charge in [0.05, 0.1) is 107 Å². The quantitative estimate of drug-likeness (QED) is 0.0214. The maximum atomic E-state index is 11.9. The smallest absolute Gasteiger partial charge is 0.178 e. The standard InChI is InChI=1S/C16H29NO6.C16H25NO6.C16H30O6.C14H27NO7.C14H27NO6.C14H26O7/c2*18-9-13-15(21)16(22)14(20)12(23-13)7-3-1-2-6-11(19)10-5-4-8-17-10;1-10(2)8-11(18)6-4-3-5-7-12-14(19)16(21)15(20)13(9-17)22-12;15-8(6-16)9(18)4-2-1-3-5-10-12(19)14(21)13(20)11(7-17)22-10;1-8(15)9(17)5-3-2-4-6-10-12(18)14(20)13(19)11(7-16)21-10;1-8(16)9(17)5-3-2-4-6-10-12(18)14(20)13(19)11(7-15)21-10/h10,12-18,20-22H,1-9H2;4-5,8,12-18,20-22H,1-3,6-7,9H2;10,12-17,19-21H,3-9H2,1-2H3;8,10-14,16-17,19-21H,1-7,15H2;8,10-14,16,18-20H,2-7,15H2,1H3;8,10-16,18-20H,2-7H2,1H3/t;;;8-,10?,11?,12?,13?,14?;;8-,10?,11?,12?,13?,14?/m...0.0/s1. The maximum Gasteiger partial charge on any atom is 0.178 e. The van der Waals surface area contributed by atoms with Crippen LogP contribution in [0.15, 0.2) is 18.3 Å². The van der Waals surface area contributed by atoms with Gasteiger partial charge in [-0.25, -0.2) is 0 Å². The highest BCUT2D eigenvalue weighted by atomic mass is 16.6. The average Bonchev–Trinajstić information content (AvgIpc) is 1.09. The van der Waals surface area contributed by atoms with Crippen LogP contribution in [-0.2, 0) is 52.4 Å². The van der Waals surface area contributed by atoms with Gasteiger partial charge in [0.1, 0.15) is 170 Å². The summed E-state index contributed by atoms with van der Waals surface area (Å²) in [4.78, 5) is 72.1. The Morgan fingerprint density at radius 1 is 0.348 bits per heavy atom. The van der Waals surface area contributed by atoms with E-state index in [4.69, 9.17) is 80.7 Å². The number of nitrogens with two attached hydrogens (primary N) is 2. The van der Waals surface area contributed by atoms with Crippen molar-refractivity contribution in [1.29, 1.82) is 0 Å². The fraction of sp³-hybridized carbons (Fsp3) is 0.889. The molecule has 1 aromatic rings. The van der Waals surface area contributed by atoms with Gasteiger partial charge in [-0.05, 0) is 128 Å². The third kappa shape index (κ3) is 42.1. The molecule has 0 amide bonds. The van der Waals surface area contributed by atoms with Crippen LogP contribution in [0.1, 0.15) is 250 Å². The van der Waals surface area contributed by atoms with Crippen LogP contribution >= 0.6 is 0 Å². The number of rotatable bonds is 50. The van der Waals surface area contributed by atoms with E-state index in [9.17, 15) is 121 Å². The highest BCUT2D eigenvalue weighted by Crippen LogP contribution is 2.32. The molecule has 7 fully saturated rings. The molecule has 7 saturated heterocycles. The van der Waals surface area contributed by atoms with Crippen molar-refractivity contribution in [2.75, 3.05) is 52.8 Å². The predicted molar refractivity (Wildman–Crippen MR) is 472 cm³/mol. The van der Waals surface area contributed by atoms with E-state index >= 15 is 0 Å². The molecule has 772 valence electrons. The van der Waals surface area contributed by atoms with Crippen LogP contribution in [0.25, 0.3) is 0 Å². The number of carbonyl (C=O) groups is 6. The minimum Gasteiger partial charge on any atom is -0.394 e. The number of aromatic amines is 1. The summed E-state index contributed by atoms with van der Waals surface area (Å²) in [6.07, 6.45) is -9.47. The SMILES string of the molecule is CC(C)CC(=O)CCCCCC1OC(CO)C(O)C(O)C1O.CC(N)C(=O)CCCCCC1OC(CO)C(O)C(O)C1O.C[C@H](O)C(=O)CCCCCC1OC(CO)C(O)C(O)C1O.N[C@@H](CO)C(=O)CCCCCC1OC(CO)C(O)C(O)C1O.O=C(CCCCCC1OC(CO)C(O)C(O)C1O)C1CCCN1.O=C(CCCCCC1OC(CO)C(O)C(O)C1O)c1ccc[nH]1. The predicted octanol–water partition coefficient (Wildman–Crippen LogP) is -5.42. The van der Waals surface area contributed by atoms with Gasteiger partial charge in [0.25, 0.3) is 0 Å². The number of aliphatic hydroxyl groups excluding tert-OH is 26. The number of Topliss-reactive ketones (excluding diaryl/α,β-unsaturated/α-hetero) is 6. The van der Waals surface area contributed by atoms with Crippen molar-refractivity contribution in [3.63, 3.8) is 0 Å². The van der Waals surface area contributed by atoms with E-state index < -0.39 is 241 Å². The summed E-state index contributed by atoms with van der Waals surface area (Å²) in [6, 6.07) is 2.30. The van der Waals surface area contributed by atoms with Gasteiger partial charge < -0.3 is 183 Å². The van der Waals surface area contributed by atoms with Crippen molar-refractivity contribution < 1.29 is 190 Å². The Labute approximate surface area is 773 Å². The Balaban J connectivity index is 0.000000408. The van der Waals surface area contributed by atoms with Gasteiger partial charge in [-0.15, -0.1) is 0 Å². The number of hydrogen-bond donors (Lipinski definition) is 30. The lowest BCUT2D eigenvalue weighted by atomic mass is 9.92. The van der Waals surface area contributed by atoms with E-state index in [0.717, 1.165) is 103 Å². The Bertz CT molecular complexity index is 3150. The highest BCUT2D eigenvalue weighted by Gasteiger charge is 2.49. The summed E-state index contributed by atoms with van der Waals surface area (Å²) < 4.78 is 32.5. The number of aromatic nitrogens is 1. The molecule has 32 unspecified atom stereocenters. The molecule has 7 aliphatic heterocycles. The molecule has 0 aliphatic carbocycles. The lowest BCUT2D eigenvalue weighted by molar-refractivity contribution is -0.230. The first kappa shape index (κ1) is 122. The maximum absolute atomic E-state index is 11.9. The van der Waals surface area contributed by atoms with Crippen LogP contribution in [0, 0.1) is 5.92 Å². The van der Waals surface area contributed by atoms with E-state index in [1.54, 1.807) is 25.3 Å². The van der Waals surface area contributed by atoms with Crippen molar-refractivity contribution in [2.45, 2.75) is 447 Å². The lowest BCUT2D eigenvalue weighted by Gasteiger charge is -2.40. The van der Waals surface area contributed by atoms with Crippen molar-refractivity contribution in [3.8, 4) is 0 Å². The van der Waals surface area contributed by atoms with Gasteiger partial charge in [-0.3, -0.25) is 28.8 Å². The normalized spacial score (nSPS) is 34.1. The summed E-state index contributed by atoms with van der Waals surface area (Å²) in [5.41, 5.74) is 11.5. The number of ether oxygens (including phenoxy) is 6. The zero-order valence-corrected chi connectivity index (χ0v) is 77.1. The van der Waals surface area contributed by atoms with Crippen molar-refractivity contribution in [1.82, 2.24) is 10.3 Å². The number of H-pyrrole nitrogens is 1. The van der Waals surface area contributed by atoms with Gasteiger partial charge in [0.2, 0.25) is 0 Å². The Kier molecular flexibility index (Phi) is 61.5. The monoisotopic (exact) mass is 1910 g/mol. The largest absolute Gasteiger partial charge is 0.394 e. The molecule has 8 rings (SSSR count).